The van der Waals surface area contributed by atoms with E-state index in [0.29, 0.717) is 5.92 Å². The molecular formula is C9H11N3. The lowest BCUT2D eigenvalue weighted by molar-refractivity contribution is 0.769. The van der Waals surface area contributed by atoms with Crippen LogP contribution in [0.3, 0.4) is 0 Å². The van der Waals surface area contributed by atoms with Crippen LogP contribution in [-0.2, 0) is 0 Å². The van der Waals surface area contributed by atoms with Crippen molar-refractivity contribution in [2.24, 2.45) is 0 Å². The van der Waals surface area contributed by atoms with Crippen molar-refractivity contribution in [2.75, 3.05) is 0 Å². The predicted octanol–water partition coefficient (Wildman–Crippen LogP) is 1.85. The first kappa shape index (κ1) is 7.28. The van der Waals surface area contributed by atoms with Crippen LogP contribution >= 0.6 is 0 Å². The highest BCUT2D eigenvalue weighted by Gasteiger charge is 2.05. The van der Waals surface area contributed by atoms with E-state index in [4.69, 9.17) is 0 Å². The van der Waals surface area contributed by atoms with E-state index in [9.17, 15) is 0 Å². The van der Waals surface area contributed by atoms with E-state index in [0.717, 1.165) is 11.3 Å². The zero-order valence-electron chi connectivity index (χ0n) is 7.23. The number of hydrogen-bond donors (Lipinski definition) is 0. The van der Waals surface area contributed by atoms with Crippen molar-refractivity contribution in [2.45, 2.75) is 19.8 Å². The van der Waals surface area contributed by atoms with Gasteiger partial charge < -0.3 is 4.40 Å². The summed E-state index contributed by atoms with van der Waals surface area (Å²) in [6.07, 6.45) is 7.39. The molecule has 62 valence electrons. The average Bonchev–Trinajstić information content (AvgIpc) is 2.47. The summed E-state index contributed by atoms with van der Waals surface area (Å²) in [7, 11) is 0. The smallest absolute Gasteiger partial charge is 0.115 e. The Morgan fingerprint density at radius 2 is 2.17 bits per heavy atom. The highest BCUT2D eigenvalue weighted by molar-refractivity contribution is 5.43. The fourth-order valence-electron chi connectivity index (χ4n) is 1.30. The van der Waals surface area contributed by atoms with Crippen LogP contribution < -0.4 is 0 Å². The summed E-state index contributed by atoms with van der Waals surface area (Å²) in [6, 6.07) is 0. The Hall–Kier alpha value is -1.38. The number of fused-ring (bicyclic) bond motifs is 1. The third kappa shape index (κ3) is 0.978. The minimum absolute atomic E-state index is 0.454. The molecule has 0 aliphatic heterocycles. The number of aromatic nitrogens is 3. The molecule has 0 saturated carbocycles. The Kier molecular flexibility index (Phi) is 1.57. The molecule has 0 spiro atoms. The van der Waals surface area contributed by atoms with Gasteiger partial charge in [-0.2, -0.15) is 0 Å². The second-order valence-corrected chi connectivity index (χ2v) is 3.14. The summed E-state index contributed by atoms with van der Waals surface area (Å²) in [6.45, 7) is 4.27. The summed E-state index contributed by atoms with van der Waals surface area (Å²) in [5, 5.41) is 0. The topological polar surface area (TPSA) is 30.2 Å². The van der Waals surface area contributed by atoms with Gasteiger partial charge >= 0.3 is 0 Å². The zero-order valence-corrected chi connectivity index (χ0v) is 7.23. The third-order valence-corrected chi connectivity index (χ3v) is 1.88. The quantitative estimate of drug-likeness (QED) is 0.639. The van der Waals surface area contributed by atoms with E-state index in [2.05, 4.69) is 28.2 Å². The Morgan fingerprint density at radius 1 is 1.33 bits per heavy atom. The number of rotatable bonds is 1. The van der Waals surface area contributed by atoms with Crippen LogP contribution in [0, 0.1) is 0 Å². The van der Waals surface area contributed by atoms with Crippen molar-refractivity contribution in [3.63, 3.8) is 0 Å². The van der Waals surface area contributed by atoms with Gasteiger partial charge in [-0.25, -0.2) is 4.98 Å². The van der Waals surface area contributed by atoms with Crippen LogP contribution in [-0.4, -0.2) is 14.4 Å². The lowest BCUT2D eigenvalue weighted by Crippen LogP contribution is -1.96. The van der Waals surface area contributed by atoms with Gasteiger partial charge in [0.05, 0.1) is 17.9 Å². The molecule has 0 saturated heterocycles. The van der Waals surface area contributed by atoms with Gasteiger partial charge in [0.2, 0.25) is 0 Å². The first-order valence-corrected chi connectivity index (χ1v) is 4.06. The molecule has 12 heavy (non-hydrogen) atoms. The Morgan fingerprint density at radius 3 is 2.92 bits per heavy atom. The molecule has 3 nitrogen and oxygen atoms in total. The van der Waals surface area contributed by atoms with Crippen molar-refractivity contribution in [3.05, 3.63) is 30.6 Å². The number of imidazole rings is 1. The average molecular weight is 161 g/mol. The molecule has 3 heteroatoms. The van der Waals surface area contributed by atoms with Gasteiger partial charge in [0, 0.05) is 18.3 Å². The molecule has 2 aromatic rings. The lowest BCUT2D eigenvalue weighted by atomic mass is 10.2. The Balaban J connectivity index is 2.70. The lowest BCUT2D eigenvalue weighted by Gasteiger charge is -2.02. The fourth-order valence-corrected chi connectivity index (χ4v) is 1.30. The van der Waals surface area contributed by atoms with Gasteiger partial charge in [-0.1, -0.05) is 13.8 Å². The molecule has 2 rings (SSSR count). The molecular weight excluding hydrogens is 150 g/mol. The van der Waals surface area contributed by atoms with Crippen molar-refractivity contribution >= 4 is 5.52 Å². The maximum absolute atomic E-state index is 4.32. The van der Waals surface area contributed by atoms with Crippen molar-refractivity contribution < 1.29 is 0 Å². The minimum Gasteiger partial charge on any atom is -0.300 e. The van der Waals surface area contributed by atoms with Crippen molar-refractivity contribution in [3.8, 4) is 0 Å². The summed E-state index contributed by atoms with van der Waals surface area (Å²) in [4.78, 5) is 8.34. The second kappa shape index (κ2) is 2.59. The van der Waals surface area contributed by atoms with Crippen LogP contribution in [0.4, 0.5) is 0 Å². The largest absolute Gasteiger partial charge is 0.300 e. The fraction of sp³-hybridized carbons (Fsp3) is 0.333. The van der Waals surface area contributed by atoms with E-state index in [1.165, 1.54) is 0 Å². The highest BCUT2D eigenvalue weighted by atomic mass is 15.0. The third-order valence-electron chi connectivity index (χ3n) is 1.88. The van der Waals surface area contributed by atoms with Crippen LogP contribution in [0.25, 0.3) is 5.52 Å². The Bertz CT molecular complexity index is 389. The molecule has 0 amide bonds. The Labute approximate surface area is 71.1 Å². The SMILES string of the molecule is CC(C)c1ncc2cnccn12. The van der Waals surface area contributed by atoms with E-state index in [1.807, 2.05) is 18.6 Å². The molecule has 0 fully saturated rings. The zero-order chi connectivity index (χ0) is 8.55. The molecule has 0 bridgehead atoms. The van der Waals surface area contributed by atoms with Crippen LogP contribution in [0.5, 0.6) is 0 Å². The van der Waals surface area contributed by atoms with Gasteiger partial charge in [0.1, 0.15) is 5.82 Å². The number of hydrogen-bond acceptors (Lipinski definition) is 2. The predicted molar refractivity (Wildman–Crippen MR) is 47.1 cm³/mol. The van der Waals surface area contributed by atoms with Gasteiger partial charge in [0.15, 0.2) is 0 Å². The molecule has 2 aromatic heterocycles. The van der Waals surface area contributed by atoms with E-state index < -0.39 is 0 Å². The maximum atomic E-state index is 4.32. The first-order valence-electron chi connectivity index (χ1n) is 4.06. The van der Waals surface area contributed by atoms with Gasteiger partial charge in [-0.15, -0.1) is 0 Å². The summed E-state index contributed by atoms with van der Waals surface area (Å²) < 4.78 is 2.07. The monoisotopic (exact) mass is 161 g/mol. The molecule has 2 heterocycles. The van der Waals surface area contributed by atoms with E-state index in [1.54, 1.807) is 6.20 Å². The summed E-state index contributed by atoms with van der Waals surface area (Å²) in [5.74, 6) is 1.54. The first-order chi connectivity index (χ1) is 5.79. The molecule has 0 aromatic carbocycles. The molecule has 0 radical (unpaired) electrons. The van der Waals surface area contributed by atoms with E-state index >= 15 is 0 Å². The molecule has 0 aliphatic carbocycles. The van der Waals surface area contributed by atoms with Gasteiger partial charge in [0.25, 0.3) is 0 Å². The normalized spacial score (nSPS) is 11.2. The van der Waals surface area contributed by atoms with Crippen LogP contribution in [0.2, 0.25) is 0 Å². The van der Waals surface area contributed by atoms with Gasteiger partial charge in [-0.3, -0.25) is 4.98 Å². The molecule has 0 aliphatic rings. The van der Waals surface area contributed by atoms with E-state index in [-0.39, 0.29) is 0 Å². The molecule has 0 unspecified atom stereocenters. The highest BCUT2D eigenvalue weighted by Crippen LogP contribution is 2.13. The molecule has 0 N–H and O–H groups in total. The van der Waals surface area contributed by atoms with Crippen molar-refractivity contribution in [1.29, 1.82) is 0 Å². The maximum Gasteiger partial charge on any atom is 0.115 e. The summed E-state index contributed by atoms with van der Waals surface area (Å²) >= 11 is 0. The number of nitrogens with zero attached hydrogens (tertiary/aromatic N) is 3. The summed E-state index contributed by atoms with van der Waals surface area (Å²) in [5.41, 5.74) is 1.06. The van der Waals surface area contributed by atoms with Gasteiger partial charge in [-0.05, 0) is 0 Å². The minimum atomic E-state index is 0.454. The van der Waals surface area contributed by atoms with Crippen LogP contribution in [0.15, 0.2) is 24.8 Å². The van der Waals surface area contributed by atoms with Crippen molar-refractivity contribution in [1.82, 2.24) is 14.4 Å². The van der Waals surface area contributed by atoms with Crippen LogP contribution in [0.1, 0.15) is 25.6 Å². The standard InChI is InChI=1S/C9H11N3/c1-7(2)9-11-6-8-5-10-3-4-12(8)9/h3-7H,1-2H3. The molecule has 0 atom stereocenters. The second-order valence-electron chi connectivity index (χ2n) is 3.14.